The van der Waals surface area contributed by atoms with E-state index in [1.165, 1.54) is 6.33 Å². The van der Waals surface area contributed by atoms with Gasteiger partial charge in [0.1, 0.15) is 29.9 Å². The van der Waals surface area contributed by atoms with E-state index in [9.17, 15) is 0 Å². The predicted octanol–water partition coefficient (Wildman–Crippen LogP) is 3.83. The van der Waals surface area contributed by atoms with E-state index in [1.54, 1.807) is 12.3 Å². The van der Waals surface area contributed by atoms with Crippen molar-refractivity contribution in [1.29, 1.82) is 0 Å². The first-order valence-corrected chi connectivity index (χ1v) is 11.9. The van der Waals surface area contributed by atoms with Gasteiger partial charge in [0.15, 0.2) is 5.65 Å². The van der Waals surface area contributed by atoms with E-state index in [2.05, 4.69) is 35.4 Å². The van der Waals surface area contributed by atoms with Crippen molar-refractivity contribution in [3.8, 4) is 11.6 Å². The highest BCUT2D eigenvalue weighted by atomic mass is 35.5. The average molecular weight is 496 g/mol. The molecule has 1 aliphatic heterocycles. The summed E-state index contributed by atoms with van der Waals surface area (Å²) < 4.78 is 17.2. The largest absolute Gasteiger partial charge is 0.486 e. The molecule has 182 valence electrons. The monoisotopic (exact) mass is 495 g/mol. The molecule has 0 bridgehead atoms. The summed E-state index contributed by atoms with van der Waals surface area (Å²) in [4.78, 5) is 15.3. The summed E-state index contributed by atoms with van der Waals surface area (Å²) in [6.07, 6.45) is 4.09. The smallest absolute Gasteiger partial charge is 0.246 e. The lowest BCUT2D eigenvalue weighted by molar-refractivity contribution is 0.0357. The molecule has 0 radical (unpaired) electrons. The summed E-state index contributed by atoms with van der Waals surface area (Å²) in [5.41, 5.74) is 2.17. The molecule has 0 saturated carbocycles. The third-order valence-electron chi connectivity index (χ3n) is 5.58. The first-order valence-electron chi connectivity index (χ1n) is 11.5. The summed E-state index contributed by atoms with van der Waals surface area (Å²) in [5.74, 6) is 1.61. The summed E-state index contributed by atoms with van der Waals surface area (Å²) >= 11 is 6.47. The zero-order chi connectivity index (χ0) is 23.9. The molecule has 0 aliphatic carbocycles. The Hall–Kier alpha value is -3.47. The van der Waals surface area contributed by atoms with Gasteiger partial charge in [-0.05, 0) is 36.8 Å². The fourth-order valence-electron chi connectivity index (χ4n) is 3.78. The second-order valence-corrected chi connectivity index (χ2v) is 8.42. The van der Waals surface area contributed by atoms with Gasteiger partial charge in [0, 0.05) is 31.5 Å². The Morgan fingerprint density at radius 2 is 2.00 bits per heavy atom. The highest BCUT2D eigenvalue weighted by Gasteiger charge is 2.16. The molecular formula is C24H26ClN7O3. The highest BCUT2D eigenvalue weighted by Crippen LogP contribution is 2.33. The van der Waals surface area contributed by atoms with Crippen molar-refractivity contribution in [3.63, 3.8) is 0 Å². The van der Waals surface area contributed by atoms with Crippen LogP contribution in [-0.4, -0.2) is 69.5 Å². The molecule has 0 amide bonds. The van der Waals surface area contributed by atoms with Gasteiger partial charge in [-0.1, -0.05) is 17.7 Å². The number of aromatic nitrogens is 5. The van der Waals surface area contributed by atoms with Gasteiger partial charge in [0.05, 0.1) is 30.5 Å². The van der Waals surface area contributed by atoms with Crippen LogP contribution in [0.2, 0.25) is 5.02 Å². The topological polar surface area (TPSA) is 110 Å². The number of morpholine rings is 1. The SMILES string of the molecule is Clc1cc(Nc2ncnc3[nH]nc(OCCCN4CCOCC4)c23)ccc1OCc1ccccn1. The van der Waals surface area contributed by atoms with Crippen molar-refractivity contribution in [3.05, 3.63) is 59.6 Å². The van der Waals surface area contributed by atoms with Gasteiger partial charge in [-0.3, -0.25) is 15.0 Å². The van der Waals surface area contributed by atoms with Crippen LogP contribution in [0.15, 0.2) is 48.9 Å². The molecule has 10 nitrogen and oxygen atoms in total. The standard InChI is InChI=1S/C24H26ClN7O3/c25-19-14-17(5-6-20(19)35-15-18-4-1-2-7-26-18)29-22-21-23(28-16-27-22)30-31-24(21)34-11-3-8-32-9-12-33-13-10-32/h1-2,4-7,14,16H,3,8-13,15H2,(H2,27,28,29,30,31). The maximum Gasteiger partial charge on any atom is 0.246 e. The van der Waals surface area contributed by atoms with Gasteiger partial charge >= 0.3 is 0 Å². The van der Waals surface area contributed by atoms with Crippen LogP contribution < -0.4 is 14.8 Å². The summed E-state index contributed by atoms with van der Waals surface area (Å²) in [7, 11) is 0. The highest BCUT2D eigenvalue weighted by molar-refractivity contribution is 6.32. The van der Waals surface area contributed by atoms with E-state index < -0.39 is 0 Å². The Morgan fingerprint density at radius 1 is 1.09 bits per heavy atom. The average Bonchev–Trinajstić information content (AvgIpc) is 3.31. The number of H-pyrrole nitrogens is 1. The van der Waals surface area contributed by atoms with Gasteiger partial charge in [0.25, 0.3) is 0 Å². The number of hydrogen-bond acceptors (Lipinski definition) is 9. The number of anilines is 2. The second-order valence-electron chi connectivity index (χ2n) is 8.01. The molecule has 0 atom stereocenters. The molecule has 11 heteroatoms. The van der Waals surface area contributed by atoms with E-state index >= 15 is 0 Å². The molecule has 1 saturated heterocycles. The number of nitrogens with zero attached hydrogens (tertiary/aromatic N) is 5. The lowest BCUT2D eigenvalue weighted by Gasteiger charge is -2.26. The molecule has 3 aromatic heterocycles. The third kappa shape index (κ3) is 5.97. The fraction of sp³-hybridized carbons (Fsp3) is 0.333. The van der Waals surface area contributed by atoms with Crippen molar-refractivity contribution >= 4 is 34.1 Å². The van der Waals surface area contributed by atoms with Crippen LogP contribution in [0.4, 0.5) is 11.5 Å². The maximum absolute atomic E-state index is 6.47. The number of rotatable bonds is 10. The number of fused-ring (bicyclic) bond motifs is 1. The van der Waals surface area contributed by atoms with Crippen LogP contribution in [0.25, 0.3) is 11.0 Å². The molecule has 2 N–H and O–H groups in total. The van der Waals surface area contributed by atoms with Crippen molar-refractivity contribution in [2.75, 3.05) is 44.8 Å². The van der Waals surface area contributed by atoms with Crippen molar-refractivity contribution in [2.24, 2.45) is 0 Å². The Kier molecular flexibility index (Phi) is 7.52. The van der Waals surface area contributed by atoms with E-state index in [-0.39, 0.29) is 0 Å². The molecule has 0 unspecified atom stereocenters. The van der Waals surface area contributed by atoms with E-state index in [0.29, 0.717) is 46.7 Å². The number of pyridine rings is 1. The molecule has 4 aromatic rings. The zero-order valence-electron chi connectivity index (χ0n) is 19.1. The first kappa shape index (κ1) is 23.3. The molecule has 5 rings (SSSR count). The van der Waals surface area contributed by atoms with Gasteiger partial charge in [-0.15, -0.1) is 5.10 Å². The molecule has 0 spiro atoms. The van der Waals surface area contributed by atoms with Crippen LogP contribution >= 0.6 is 11.6 Å². The van der Waals surface area contributed by atoms with E-state index in [0.717, 1.165) is 50.7 Å². The van der Waals surface area contributed by atoms with Gasteiger partial charge in [0.2, 0.25) is 5.88 Å². The minimum atomic E-state index is 0.334. The lowest BCUT2D eigenvalue weighted by Crippen LogP contribution is -2.37. The predicted molar refractivity (Wildman–Crippen MR) is 132 cm³/mol. The molecule has 1 aromatic carbocycles. The molecular weight excluding hydrogens is 470 g/mol. The fourth-order valence-corrected chi connectivity index (χ4v) is 4.02. The second kappa shape index (κ2) is 11.3. The van der Waals surface area contributed by atoms with Crippen molar-refractivity contribution in [1.82, 2.24) is 30.0 Å². The van der Waals surface area contributed by atoms with Crippen LogP contribution in [0.5, 0.6) is 11.6 Å². The molecule has 4 heterocycles. The number of benzene rings is 1. The maximum atomic E-state index is 6.47. The zero-order valence-corrected chi connectivity index (χ0v) is 19.9. The first-order chi connectivity index (χ1) is 17.3. The summed E-state index contributed by atoms with van der Waals surface area (Å²) in [5, 5.41) is 11.7. The Morgan fingerprint density at radius 3 is 2.83 bits per heavy atom. The third-order valence-corrected chi connectivity index (χ3v) is 5.88. The lowest BCUT2D eigenvalue weighted by atomic mass is 10.3. The minimum absolute atomic E-state index is 0.334. The number of nitrogens with one attached hydrogen (secondary N) is 2. The Balaban J connectivity index is 1.23. The summed E-state index contributed by atoms with van der Waals surface area (Å²) in [6, 6.07) is 11.1. The van der Waals surface area contributed by atoms with Crippen LogP contribution in [0, 0.1) is 0 Å². The normalized spacial score (nSPS) is 14.2. The molecule has 1 fully saturated rings. The number of halogens is 1. The van der Waals surface area contributed by atoms with Crippen LogP contribution in [-0.2, 0) is 11.3 Å². The van der Waals surface area contributed by atoms with Gasteiger partial charge < -0.3 is 19.5 Å². The number of aromatic amines is 1. The number of hydrogen-bond donors (Lipinski definition) is 2. The van der Waals surface area contributed by atoms with E-state index in [1.807, 2.05) is 30.3 Å². The van der Waals surface area contributed by atoms with Crippen LogP contribution in [0.3, 0.4) is 0 Å². The molecule has 1 aliphatic rings. The molecule has 35 heavy (non-hydrogen) atoms. The van der Waals surface area contributed by atoms with Crippen molar-refractivity contribution in [2.45, 2.75) is 13.0 Å². The number of ether oxygens (including phenoxy) is 3. The Bertz CT molecular complexity index is 1250. The minimum Gasteiger partial charge on any atom is -0.486 e. The Labute approximate surface area is 207 Å². The van der Waals surface area contributed by atoms with Crippen molar-refractivity contribution < 1.29 is 14.2 Å². The van der Waals surface area contributed by atoms with Gasteiger partial charge in [-0.25, -0.2) is 9.97 Å². The van der Waals surface area contributed by atoms with E-state index in [4.69, 9.17) is 25.8 Å². The van der Waals surface area contributed by atoms with Crippen LogP contribution in [0.1, 0.15) is 12.1 Å². The quantitative estimate of drug-likeness (QED) is 0.317. The summed E-state index contributed by atoms with van der Waals surface area (Å²) in [6.45, 7) is 5.34. The van der Waals surface area contributed by atoms with Gasteiger partial charge in [-0.2, -0.15) is 0 Å².